The summed E-state index contributed by atoms with van der Waals surface area (Å²) in [6.07, 6.45) is 2.39. The zero-order chi connectivity index (χ0) is 20.5. The lowest BCUT2D eigenvalue weighted by Crippen LogP contribution is -2.37. The van der Waals surface area contributed by atoms with Crippen molar-refractivity contribution in [3.05, 3.63) is 66.5 Å². The Hall–Kier alpha value is -2.81. The topological polar surface area (TPSA) is 63.4 Å². The third-order valence-electron chi connectivity index (χ3n) is 4.08. The number of aromatic nitrogens is 1. The Morgan fingerprint density at radius 3 is 2.11 bits per heavy atom. The van der Waals surface area contributed by atoms with Gasteiger partial charge in [0.05, 0.1) is 5.69 Å². The number of pyridine rings is 1. The predicted octanol–water partition coefficient (Wildman–Crippen LogP) is 5.45. The monoisotopic (exact) mass is 410 g/mol. The minimum absolute atomic E-state index is 0.126. The van der Waals surface area contributed by atoms with Crippen molar-refractivity contribution < 1.29 is 26.0 Å². The third-order valence-corrected chi connectivity index (χ3v) is 5.54. The van der Waals surface area contributed by atoms with E-state index in [-0.39, 0.29) is 15.8 Å². The van der Waals surface area contributed by atoms with Gasteiger partial charge in [0.1, 0.15) is 5.76 Å². The maximum atomic E-state index is 13.2. The number of benzene rings is 1. The molecule has 0 saturated carbocycles. The number of halogens is 3. The van der Waals surface area contributed by atoms with E-state index in [0.29, 0.717) is 11.5 Å². The zero-order valence-corrected chi connectivity index (χ0v) is 15.8. The minimum atomic E-state index is -5.72. The summed E-state index contributed by atoms with van der Waals surface area (Å²) in [7, 11) is -5.72. The summed E-state index contributed by atoms with van der Waals surface area (Å²) in [5, 5.41) is 0. The highest BCUT2D eigenvalue weighted by Crippen LogP contribution is 2.39. The van der Waals surface area contributed by atoms with Crippen LogP contribution in [0, 0.1) is 0 Å². The average Bonchev–Trinajstić information content (AvgIpc) is 3.11. The fourth-order valence-electron chi connectivity index (χ4n) is 2.59. The average molecular weight is 410 g/mol. The van der Waals surface area contributed by atoms with Gasteiger partial charge in [-0.3, -0.25) is 4.98 Å². The molecule has 0 saturated heterocycles. The fraction of sp³-hybridized carbons (Fsp3) is 0.211. The first-order valence-corrected chi connectivity index (χ1v) is 9.77. The van der Waals surface area contributed by atoms with Gasteiger partial charge in [-0.1, -0.05) is 38.1 Å². The van der Waals surface area contributed by atoms with Gasteiger partial charge in [-0.15, -0.1) is 0 Å². The number of rotatable bonds is 5. The van der Waals surface area contributed by atoms with Crippen molar-refractivity contribution >= 4 is 21.6 Å². The summed E-state index contributed by atoms with van der Waals surface area (Å²) >= 11 is 0. The Morgan fingerprint density at radius 1 is 0.964 bits per heavy atom. The van der Waals surface area contributed by atoms with E-state index in [2.05, 4.69) is 4.98 Å². The van der Waals surface area contributed by atoms with Crippen LogP contribution in [-0.4, -0.2) is 18.9 Å². The van der Waals surface area contributed by atoms with Crippen LogP contribution in [-0.2, 0) is 10.0 Å². The molecule has 0 N–H and O–H groups in total. The molecule has 0 fully saturated rings. The number of sulfonamides is 1. The van der Waals surface area contributed by atoms with E-state index in [1.807, 2.05) is 26.0 Å². The molecule has 2 aromatic heterocycles. The normalized spacial score (nSPS) is 12.4. The number of hydrogen-bond acceptors (Lipinski definition) is 4. The van der Waals surface area contributed by atoms with Crippen molar-refractivity contribution in [2.45, 2.75) is 25.3 Å². The Balaban J connectivity index is 2.06. The van der Waals surface area contributed by atoms with E-state index in [1.165, 1.54) is 24.5 Å². The van der Waals surface area contributed by atoms with E-state index >= 15 is 0 Å². The maximum Gasteiger partial charge on any atom is 0.517 e. The van der Waals surface area contributed by atoms with E-state index in [4.69, 9.17) is 4.42 Å². The molecule has 0 unspecified atom stereocenters. The van der Waals surface area contributed by atoms with Gasteiger partial charge in [0.25, 0.3) is 0 Å². The van der Waals surface area contributed by atoms with Crippen LogP contribution in [0.5, 0.6) is 0 Å². The van der Waals surface area contributed by atoms with Gasteiger partial charge in [-0.05, 0) is 29.7 Å². The first-order chi connectivity index (χ1) is 13.1. The van der Waals surface area contributed by atoms with Gasteiger partial charge in [-0.2, -0.15) is 25.9 Å². The molecule has 9 heteroatoms. The van der Waals surface area contributed by atoms with Crippen molar-refractivity contribution in [2.24, 2.45) is 0 Å². The summed E-state index contributed by atoms with van der Waals surface area (Å²) in [4.78, 5) is 3.71. The molecule has 0 bridgehead atoms. The number of anilines is 2. The van der Waals surface area contributed by atoms with Gasteiger partial charge in [0, 0.05) is 24.0 Å². The first-order valence-electron chi connectivity index (χ1n) is 8.33. The van der Waals surface area contributed by atoms with Crippen molar-refractivity contribution in [1.29, 1.82) is 0 Å². The molecule has 1 aromatic carbocycles. The van der Waals surface area contributed by atoms with Crippen molar-refractivity contribution in [3.63, 3.8) is 0 Å². The summed E-state index contributed by atoms with van der Waals surface area (Å²) in [5.74, 6) is 0.105. The quantitative estimate of drug-likeness (QED) is 0.561. The first kappa shape index (κ1) is 19.9. The highest BCUT2D eigenvalue weighted by molar-refractivity contribution is 7.94. The number of alkyl halides is 3. The lowest BCUT2D eigenvalue weighted by Gasteiger charge is -2.22. The fourth-order valence-corrected chi connectivity index (χ4v) is 3.53. The summed E-state index contributed by atoms with van der Waals surface area (Å²) in [5.41, 5.74) is -4.02. The molecule has 0 atom stereocenters. The zero-order valence-electron chi connectivity index (χ0n) is 15.0. The molecule has 148 valence electrons. The van der Waals surface area contributed by atoms with Gasteiger partial charge >= 0.3 is 15.5 Å². The number of furan rings is 1. The lowest BCUT2D eigenvalue weighted by atomic mass is 10.0. The van der Waals surface area contributed by atoms with E-state index in [1.54, 1.807) is 12.1 Å². The molecule has 2 heterocycles. The standard InChI is InChI=1S/C19H17F3N2O3S/c1-13(2)14-3-5-15(6-4-14)17-7-8-18(27-17)24(16-9-11-23-12-10-16)28(25,26)19(20,21)22/h3-13H,1-2H3. The molecule has 0 aliphatic carbocycles. The maximum absolute atomic E-state index is 13.2. The van der Waals surface area contributed by atoms with Crippen LogP contribution >= 0.6 is 0 Å². The molecule has 28 heavy (non-hydrogen) atoms. The van der Waals surface area contributed by atoms with Crippen molar-refractivity contribution in [3.8, 4) is 11.3 Å². The second-order valence-corrected chi connectivity index (χ2v) is 8.11. The second-order valence-electron chi connectivity index (χ2n) is 6.34. The molecular weight excluding hydrogens is 393 g/mol. The van der Waals surface area contributed by atoms with Crippen LogP contribution in [0.15, 0.2) is 65.3 Å². The lowest BCUT2D eigenvalue weighted by molar-refractivity contribution is -0.0436. The molecule has 0 aliphatic rings. The van der Waals surface area contributed by atoms with Gasteiger partial charge in [-0.25, -0.2) is 0 Å². The van der Waals surface area contributed by atoms with Crippen LogP contribution in [0.3, 0.4) is 0 Å². The molecule has 0 amide bonds. The molecule has 3 rings (SSSR count). The minimum Gasteiger partial charge on any atom is -0.439 e. The van der Waals surface area contributed by atoms with Crippen LogP contribution in [0.1, 0.15) is 25.3 Å². The molecule has 0 aliphatic heterocycles. The molecule has 3 aromatic rings. The third kappa shape index (κ3) is 3.75. The van der Waals surface area contributed by atoms with E-state index in [9.17, 15) is 21.6 Å². The Labute approximate surface area is 160 Å². The number of hydrogen-bond donors (Lipinski definition) is 0. The van der Waals surface area contributed by atoms with E-state index in [0.717, 1.165) is 17.7 Å². The SMILES string of the molecule is CC(C)c1ccc(-c2ccc(N(c3ccncc3)S(=O)(=O)C(F)(F)F)o2)cc1. The van der Waals surface area contributed by atoms with Crippen LogP contribution < -0.4 is 4.31 Å². The summed E-state index contributed by atoms with van der Waals surface area (Å²) in [6, 6.07) is 12.2. The number of nitrogens with zero attached hydrogens (tertiary/aromatic N) is 2. The Bertz CT molecular complexity index is 1040. The van der Waals surface area contributed by atoms with Crippen LogP contribution in [0.2, 0.25) is 0 Å². The largest absolute Gasteiger partial charge is 0.517 e. The summed E-state index contributed by atoms with van der Waals surface area (Å²) < 4.78 is 69.6. The van der Waals surface area contributed by atoms with E-state index < -0.39 is 21.4 Å². The molecule has 0 radical (unpaired) electrons. The Kier molecular flexibility index (Phi) is 5.20. The second kappa shape index (κ2) is 7.31. The molecular formula is C19H17F3N2O3S. The summed E-state index contributed by atoms with van der Waals surface area (Å²) in [6.45, 7) is 4.07. The van der Waals surface area contributed by atoms with Crippen molar-refractivity contribution in [1.82, 2.24) is 4.98 Å². The molecule has 0 spiro atoms. The smallest absolute Gasteiger partial charge is 0.439 e. The van der Waals surface area contributed by atoms with Crippen LogP contribution in [0.25, 0.3) is 11.3 Å². The Morgan fingerprint density at radius 2 is 1.57 bits per heavy atom. The van der Waals surface area contributed by atoms with Crippen LogP contribution in [0.4, 0.5) is 24.7 Å². The highest BCUT2D eigenvalue weighted by atomic mass is 32.2. The predicted molar refractivity (Wildman–Crippen MR) is 99.6 cm³/mol. The van der Waals surface area contributed by atoms with Crippen molar-refractivity contribution in [2.75, 3.05) is 4.31 Å². The van der Waals surface area contributed by atoms with Gasteiger partial charge in [0.2, 0.25) is 5.88 Å². The highest BCUT2D eigenvalue weighted by Gasteiger charge is 2.51. The van der Waals surface area contributed by atoms with Gasteiger partial charge in [0.15, 0.2) is 0 Å². The molecule has 5 nitrogen and oxygen atoms in total. The van der Waals surface area contributed by atoms with Gasteiger partial charge < -0.3 is 4.42 Å².